The molecule has 0 spiro atoms. The first kappa shape index (κ1) is 11.7. The number of nitrogens with two attached hydrogens (primary N) is 1. The van der Waals surface area contributed by atoms with Gasteiger partial charge in [-0.25, -0.2) is 0 Å². The standard InChI is InChI=1S/C13H14N2OS/c1-9-5-6-17-12(9)13(16)15-8-10-3-2-4-11(14)7-10/h2-7H,8,14H2,1H3,(H,15,16). The highest BCUT2D eigenvalue weighted by Gasteiger charge is 2.09. The van der Waals surface area contributed by atoms with E-state index in [0.717, 1.165) is 16.0 Å². The molecule has 1 amide bonds. The monoisotopic (exact) mass is 246 g/mol. The lowest BCUT2D eigenvalue weighted by molar-refractivity contribution is 0.0954. The maximum absolute atomic E-state index is 11.9. The minimum Gasteiger partial charge on any atom is -0.399 e. The van der Waals surface area contributed by atoms with Gasteiger partial charge in [-0.3, -0.25) is 4.79 Å². The Kier molecular flexibility index (Phi) is 3.44. The van der Waals surface area contributed by atoms with Crippen molar-refractivity contribution in [3.05, 3.63) is 51.7 Å². The number of nitrogen functional groups attached to an aromatic ring is 1. The van der Waals surface area contributed by atoms with Crippen molar-refractivity contribution in [2.24, 2.45) is 0 Å². The van der Waals surface area contributed by atoms with Gasteiger partial charge in [0.1, 0.15) is 0 Å². The summed E-state index contributed by atoms with van der Waals surface area (Å²) in [6.45, 7) is 2.44. The SMILES string of the molecule is Cc1ccsc1C(=O)NCc1cccc(N)c1. The van der Waals surface area contributed by atoms with Crippen LogP contribution < -0.4 is 11.1 Å². The van der Waals surface area contributed by atoms with E-state index in [1.54, 1.807) is 0 Å². The molecule has 2 aromatic rings. The molecule has 0 fully saturated rings. The molecule has 0 bridgehead atoms. The number of amides is 1. The van der Waals surface area contributed by atoms with Crippen LogP contribution in [0, 0.1) is 6.92 Å². The summed E-state index contributed by atoms with van der Waals surface area (Å²) < 4.78 is 0. The predicted octanol–water partition coefficient (Wildman–Crippen LogP) is 2.57. The molecule has 1 aromatic heterocycles. The van der Waals surface area contributed by atoms with Crippen LogP contribution in [-0.2, 0) is 6.54 Å². The summed E-state index contributed by atoms with van der Waals surface area (Å²) in [4.78, 5) is 12.6. The molecule has 0 aliphatic carbocycles. The molecular formula is C13H14N2OS. The van der Waals surface area contributed by atoms with Crippen LogP contribution in [0.2, 0.25) is 0 Å². The zero-order valence-corrected chi connectivity index (χ0v) is 10.4. The molecule has 0 atom stereocenters. The van der Waals surface area contributed by atoms with Gasteiger partial charge in [-0.15, -0.1) is 11.3 Å². The molecule has 0 radical (unpaired) electrons. The van der Waals surface area contributed by atoms with Gasteiger partial charge < -0.3 is 11.1 Å². The first-order chi connectivity index (χ1) is 8.16. The maximum atomic E-state index is 11.9. The molecule has 2 rings (SSSR count). The fraction of sp³-hybridized carbons (Fsp3) is 0.154. The molecular weight excluding hydrogens is 232 g/mol. The summed E-state index contributed by atoms with van der Waals surface area (Å²) in [5, 5.41) is 4.81. The van der Waals surface area contributed by atoms with E-state index in [2.05, 4.69) is 5.32 Å². The molecule has 88 valence electrons. The molecule has 3 nitrogen and oxygen atoms in total. The molecule has 1 aromatic carbocycles. The Balaban J connectivity index is 1.99. The van der Waals surface area contributed by atoms with Crippen LogP contribution >= 0.6 is 11.3 Å². The van der Waals surface area contributed by atoms with E-state index < -0.39 is 0 Å². The molecule has 3 N–H and O–H groups in total. The highest BCUT2D eigenvalue weighted by molar-refractivity contribution is 7.12. The number of thiophene rings is 1. The van der Waals surface area contributed by atoms with Gasteiger partial charge >= 0.3 is 0 Å². The van der Waals surface area contributed by atoms with Crippen molar-refractivity contribution in [3.8, 4) is 0 Å². The van der Waals surface area contributed by atoms with Crippen LogP contribution in [0.3, 0.4) is 0 Å². The van der Waals surface area contributed by atoms with E-state index in [0.29, 0.717) is 12.2 Å². The molecule has 0 saturated heterocycles. The number of hydrogen-bond donors (Lipinski definition) is 2. The predicted molar refractivity (Wildman–Crippen MR) is 71.1 cm³/mol. The number of carbonyl (C=O) groups is 1. The maximum Gasteiger partial charge on any atom is 0.261 e. The van der Waals surface area contributed by atoms with Crippen LogP contribution in [0.15, 0.2) is 35.7 Å². The molecule has 0 aliphatic rings. The molecule has 0 saturated carbocycles. The first-order valence-corrected chi connectivity index (χ1v) is 6.21. The zero-order chi connectivity index (χ0) is 12.3. The third kappa shape index (κ3) is 2.85. The Hall–Kier alpha value is -1.81. The summed E-state index contributed by atoms with van der Waals surface area (Å²) in [5.41, 5.74) is 8.41. The Morgan fingerprint density at radius 1 is 1.41 bits per heavy atom. The largest absolute Gasteiger partial charge is 0.399 e. The van der Waals surface area contributed by atoms with E-state index >= 15 is 0 Å². The number of rotatable bonds is 3. The molecule has 0 aliphatic heterocycles. The van der Waals surface area contributed by atoms with Crippen LogP contribution in [0.25, 0.3) is 0 Å². The van der Waals surface area contributed by atoms with Gasteiger partial charge in [0, 0.05) is 12.2 Å². The summed E-state index contributed by atoms with van der Waals surface area (Å²) in [6, 6.07) is 9.46. The third-order valence-corrected chi connectivity index (χ3v) is 3.49. The van der Waals surface area contributed by atoms with Crippen LogP contribution in [0.1, 0.15) is 20.8 Å². The second kappa shape index (κ2) is 5.01. The number of aryl methyl sites for hydroxylation is 1. The van der Waals surface area contributed by atoms with E-state index in [9.17, 15) is 4.79 Å². The van der Waals surface area contributed by atoms with Gasteiger partial charge in [-0.05, 0) is 41.6 Å². The van der Waals surface area contributed by atoms with Gasteiger partial charge in [0.2, 0.25) is 0 Å². The van der Waals surface area contributed by atoms with Crippen molar-refractivity contribution in [1.82, 2.24) is 5.32 Å². The first-order valence-electron chi connectivity index (χ1n) is 5.33. The summed E-state index contributed by atoms with van der Waals surface area (Å²) in [7, 11) is 0. The molecule has 17 heavy (non-hydrogen) atoms. The summed E-state index contributed by atoms with van der Waals surface area (Å²) >= 11 is 1.46. The van der Waals surface area contributed by atoms with Gasteiger partial charge in [0.05, 0.1) is 4.88 Å². The zero-order valence-electron chi connectivity index (χ0n) is 9.57. The lowest BCUT2D eigenvalue weighted by Gasteiger charge is -2.05. The Morgan fingerprint density at radius 2 is 2.24 bits per heavy atom. The average molecular weight is 246 g/mol. The molecule has 4 heteroatoms. The van der Waals surface area contributed by atoms with Crippen LogP contribution in [0.5, 0.6) is 0 Å². The van der Waals surface area contributed by atoms with Crippen molar-refractivity contribution in [1.29, 1.82) is 0 Å². The smallest absolute Gasteiger partial charge is 0.261 e. The third-order valence-electron chi connectivity index (χ3n) is 2.47. The van der Waals surface area contributed by atoms with Gasteiger partial charge in [0.25, 0.3) is 5.91 Å². The van der Waals surface area contributed by atoms with Gasteiger partial charge in [-0.2, -0.15) is 0 Å². The fourth-order valence-electron chi connectivity index (χ4n) is 1.57. The van der Waals surface area contributed by atoms with E-state index in [-0.39, 0.29) is 5.91 Å². The topological polar surface area (TPSA) is 55.1 Å². The van der Waals surface area contributed by atoms with E-state index in [1.807, 2.05) is 42.6 Å². The summed E-state index contributed by atoms with van der Waals surface area (Å²) in [5.74, 6) is -0.0278. The Bertz CT molecular complexity index is 534. The molecule has 0 unspecified atom stereocenters. The Morgan fingerprint density at radius 3 is 2.88 bits per heavy atom. The van der Waals surface area contributed by atoms with E-state index in [4.69, 9.17) is 5.73 Å². The van der Waals surface area contributed by atoms with Gasteiger partial charge in [0.15, 0.2) is 0 Å². The van der Waals surface area contributed by atoms with Crippen molar-refractivity contribution in [2.75, 3.05) is 5.73 Å². The quantitative estimate of drug-likeness (QED) is 0.818. The number of hydrogen-bond acceptors (Lipinski definition) is 3. The van der Waals surface area contributed by atoms with Crippen LogP contribution in [-0.4, -0.2) is 5.91 Å². The second-order valence-corrected chi connectivity index (χ2v) is 4.78. The highest BCUT2D eigenvalue weighted by Crippen LogP contribution is 2.15. The lowest BCUT2D eigenvalue weighted by Crippen LogP contribution is -2.22. The van der Waals surface area contributed by atoms with Crippen molar-refractivity contribution < 1.29 is 4.79 Å². The normalized spacial score (nSPS) is 10.2. The second-order valence-electron chi connectivity index (χ2n) is 3.86. The number of nitrogens with one attached hydrogen (secondary N) is 1. The number of carbonyl (C=O) groups excluding carboxylic acids is 1. The van der Waals surface area contributed by atoms with Gasteiger partial charge in [-0.1, -0.05) is 12.1 Å². The highest BCUT2D eigenvalue weighted by atomic mass is 32.1. The number of anilines is 1. The minimum absolute atomic E-state index is 0.0278. The van der Waals surface area contributed by atoms with Crippen molar-refractivity contribution >= 4 is 22.9 Å². The minimum atomic E-state index is -0.0278. The lowest BCUT2D eigenvalue weighted by atomic mass is 10.2. The van der Waals surface area contributed by atoms with Crippen LogP contribution in [0.4, 0.5) is 5.69 Å². The van der Waals surface area contributed by atoms with Crippen molar-refractivity contribution in [2.45, 2.75) is 13.5 Å². The van der Waals surface area contributed by atoms with Crippen molar-refractivity contribution in [3.63, 3.8) is 0 Å². The molecule has 1 heterocycles. The average Bonchev–Trinajstić information content (AvgIpc) is 2.72. The Labute approximate surface area is 104 Å². The number of benzene rings is 1. The van der Waals surface area contributed by atoms with E-state index in [1.165, 1.54) is 11.3 Å². The summed E-state index contributed by atoms with van der Waals surface area (Å²) in [6.07, 6.45) is 0. The fourth-order valence-corrected chi connectivity index (χ4v) is 2.41.